The van der Waals surface area contributed by atoms with Crippen molar-refractivity contribution in [1.82, 2.24) is 9.97 Å². The molecule has 1 heterocycles. The van der Waals surface area contributed by atoms with Gasteiger partial charge < -0.3 is 15.5 Å². The Balaban J connectivity index is 2.41. The molecule has 2 rings (SSSR count). The van der Waals surface area contributed by atoms with Crippen LogP contribution in [0.4, 0.5) is 23.0 Å². The topological polar surface area (TPSA) is 58.3 Å². The van der Waals surface area contributed by atoms with Crippen LogP contribution in [0.2, 0.25) is 0 Å². The molecule has 1 aromatic carbocycles. The molecule has 0 saturated carbocycles. The number of hydrogen-bond acceptors (Lipinski definition) is 5. The summed E-state index contributed by atoms with van der Waals surface area (Å²) in [6, 6.07) is 9.68. The number of aryl methyl sites for hydroxylation is 1. The number of nitrogen functional groups attached to an aromatic ring is 1. The van der Waals surface area contributed by atoms with Crippen molar-refractivity contribution in [2.75, 3.05) is 36.7 Å². The molecule has 0 atom stereocenters. The fourth-order valence-corrected chi connectivity index (χ4v) is 1.80. The summed E-state index contributed by atoms with van der Waals surface area (Å²) in [5.74, 6) is 2.48. The van der Waals surface area contributed by atoms with Gasteiger partial charge in [-0.25, -0.2) is 9.97 Å². The Morgan fingerprint density at radius 2 is 1.68 bits per heavy atom. The fraction of sp³-hybridized carbons (Fsp3) is 0.286. The number of nitrogens with zero attached hydrogens (tertiary/aromatic N) is 4. The molecule has 0 bridgehead atoms. The summed E-state index contributed by atoms with van der Waals surface area (Å²) >= 11 is 0. The zero-order valence-electron chi connectivity index (χ0n) is 11.8. The second kappa shape index (κ2) is 5.14. The highest BCUT2D eigenvalue weighted by molar-refractivity contribution is 5.65. The Bertz CT molecular complexity index is 580. The number of hydrogen-bond donors (Lipinski definition) is 1. The second-order valence-corrected chi connectivity index (χ2v) is 4.68. The standard InChI is InChI=1S/C14H19N5/c1-10-16-13(18(2)3)9-14(17-10)19(4)12-7-5-6-11(15)8-12/h5-9H,15H2,1-4H3. The molecule has 5 heteroatoms. The zero-order chi connectivity index (χ0) is 14.0. The van der Waals surface area contributed by atoms with Gasteiger partial charge in [-0.05, 0) is 25.1 Å². The van der Waals surface area contributed by atoms with Crippen LogP contribution < -0.4 is 15.5 Å². The van der Waals surface area contributed by atoms with Gasteiger partial charge in [-0.3, -0.25) is 0 Å². The van der Waals surface area contributed by atoms with Crippen LogP contribution >= 0.6 is 0 Å². The van der Waals surface area contributed by atoms with Gasteiger partial charge >= 0.3 is 0 Å². The lowest BCUT2D eigenvalue weighted by atomic mass is 10.2. The van der Waals surface area contributed by atoms with Crippen LogP contribution in [-0.2, 0) is 0 Å². The Morgan fingerprint density at radius 3 is 2.32 bits per heavy atom. The van der Waals surface area contributed by atoms with Gasteiger partial charge in [0.25, 0.3) is 0 Å². The van der Waals surface area contributed by atoms with Crippen molar-refractivity contribution in [3.8, 4) is 0 Å². The Hall–Kier alpha value is -2.30. The molecule has 2 aromatic rings. The summed E-state index contributed by atoms with van der Waals surface area (Å²) in [5.41, 5.74) is 7.56. The third-order valence-corrected chi connectivity index (χ3v) is 2.87. The van der Waals surface area contributed by atoms with E-state index in [0.29, 0.717) is 0 Å². The smallest absolute Gasteiger partial charge is 0.138 e. The molecule has 0 aliphatic carbocycles. The minimum absolute atomic E-state index is 0.739. The van der Waals surface area contributed by atoms with Crippen molar-refractivity contribution in [2.45, 2.75) is 6.92 Å². The van der Waals surface area contributed by atoms with Gasteiger partial charge in [-0.1, -0.05) is 6.07 Å². The SMILES string of the molecule is Cc1nc(N(C)C)cc(N(C)c2cccc(N)c2)n1. The normalized spacial score (nSPS) is 10.3. The van der Waals surface area contributed by atoms with Crippen molar-refractivity contribution >= 4 is 23.0 Å². The lowest BCUT2D eigenvalue weighted by molar-refractivity contribution is 0.969. The number of anilines is 4. The van der Waals surface area contributed by atoms with Crippen molar-refractivity contribution < 1.29 is 0 Å². The number of benzene rings is 1. The molecule has 5 nitrogen and oxygen atoms in total. The van der Waals surface area contributed by atoms with E-state index in [1.807, 2.05) is 68.2 Å². The third-order valence-electron chi connectivity index (χ3n) is 2.87. The van der Waals surface area contributed by atoms with Gasteiger partial charge in [0.15, 0.2) is 0 Å². The van der Waals surface area contributed by atoms with E-state index in [1.165, 1.54) is 0 Å². The lowest BCUT2D eigenvalue weighted by Gasteiger charge is -2.21. The first-order valence-corrected chi connectivity index (χ1v) is 6.09. The predicted octanol–water partition coefficient (Wildman–Crippen LogP) is 2.20. The molecule has 0 spiro atoms. The first-order chi connectivity index (χ1) is 8.97. The largest absolute Gasteiger partial charge is 0.399 e. The van der Waals surface area contributed by atoms with Gasteiger partial charge in [0.2, 0.25) is 0 Å². The monoisotopic (exact) mass is 257 g/mol. The van der Waals surface area contributed by atoms with Crippen LogP contribution in [0.3, 0.4) is 0 Å². The van der Waals surface area contributed by atoms with E-state index < -0.39 is 0 Å². The molecule has 1 aromatic heterocycles. The van der Waals surface area contributed by atoms with E-state index in [-0.39, 0.29) is 0 Å². The summed E-state index contributed by atoms with van der Waals surface area (Å²) in [7, 11) is 5.90. The predicted molar refractivity (Wildman–Crippen MR) is 80.0 cm³/mol. The molecular weight excluding hydrogens is 238 g/mol. The number of aromatic nitrogens is 2. The average molecular weight is 257 g/mol. The lowest BCUT2D eigenvalue weighted by Crippen LogP contribution is -2.16. The highest BCUT2D eigenvalue weighted by Gasteiger charge is 2.09. The van der Waals surface area contributed by atoms with Gasteiger partial charge in [0.05, 0.1) is 0 Å². The number of rotatable bonds is 3. The first-order valence-electron chi connectivity index (χ1n) is 6.09. The summed E-state index contributed by atoms with van der Waals surface area (Å²) in [4.78, 5) is 12.8. The Morgan fingerprint density at radius 1 is 1.00 bits per heavy atom. The Kier molecular flexibility index (Phi) is 3.55. The highest BCUT2D eigenvalue weighted by atomic mass is 15.2. The van der Waals surface area contributed by atoms with Crippen LogP contribution in [0, 0.1) is 6.92 Å². The van der Waals surface area contributed by atoms with E-state index >= 15 is 0 Å². The average Bonchev–Trinajstić information content (AvgIpc) is 2.37. The van der Waals surface area contributed by atoms with E-state index in [9.17, 15) is 0 Å². The third kappa shape index (κ3) is 2.93. The van der Waals surface area contributed by atoms with E-state index in [0.717, 1.165) is 28.8 Å². The van der Waals surface area contributed by atoms with Crippen LogP contribution in [0.1, 0.15) is 5.82 Å². The van der Waals surface area contributed by atoms with Crippen molar-refractivity contribution in [3.63, 3.8) is 0 Å². The van der Waals surface area contributed by atoms with Crippen molar-refractivity contribution in [3.05, 3.63) is 36.2 Å². The van der Waals surface area contributed by atoms with Gasteiger partial charge in [0.1, 0.15) is 17.5 Å². The first kappa shape index (κ1) is 13.1. The number of nitrogens with two attached hydrogens (primary N) is 1. The maximum absolute atomic E-state index is 5.81. The van der Waals surface area contributed by atoms with Crippen LogP contribution in [0.15, 0.2) is 30.3 Å². The van der Waals surface area contributed by atoms with Gasteiger partial charge in [-0.15, -0.1) is 0 Å². The van der Waals surface area contributed by atoms with Crippen LogP contribution in [0.5, 0.6) is 0 Å². The van der Waals surface area contributed by atoms with E-state index in [1.54, 1.807) is 0 Å². The molecule has 0 radical (unpaired) electrons. The minimum Gasteiger partial charge on any atom is -0.399 e. The van der Waals surface area contributed by atoms with Gasteiger partial charge in [0, 0.05) is 38.6 Å². The second-order valence-electron chi connectivity index (χ2n) is 4.68. The summed E-state index contributed by atoms with van der Waals surface area (Å²) < 4.78 is 0. The minimum atomic E-state index is 0.739. The molecule has 2 N–H and O–H groups in total. The zero-order valence-corrected chi connectivity index (χ0v) is 11.8. The summed E-state index contributed by atoms with van der Waals surface area (Å²) in [6.45, 7) is 1.89. The summed E-state index contributed by atoms with van der Waals surface area (Å²) in [6.07, 6.45) is 0. The fourth-order valence-electron chi connectivity index (χ4n) is 1.80. The quantitative estimate of drug-likeness (QED) is 0.854. The van der Waals surface area contributed by atoms with Crippen molar-refractivity contribution in [2.24, 2.45) is 0 Å². The molecule has 19 heavy (non-hydrogen) atoms. The molecule has 0 aliphatic rings. The molecule has 0 saturated heterocycles. The molecule has 0 aliphatic heterocycles. The molecule has 0 unspecified atom stereocenters. The van der Waals surface area contributed by atoms with E-state index in [2.05, 4.69) is 9.97 Å². The highest BCUT2D eigenvalue weighted by Crippen LogP contribution is 2.25. The van der Waals surface area contributed by atoms with Crippen LogP contribution in [0.25, 0.3) is 0 Å². The molecular formula is C14H19N5. The van der Waals surface area contributed by atoms with Crippen molar-refractivity contribution in [1.29, 1.82) is 0 Å². The Labute approximate surface area is 113 Å². The van der Waals surface area contributed by atoms with Crippen LogP contribution in [-0.4, -0.2) is 31.1 Å². The van der Waals surface area contributed by atoms with E-state index in [4.69, 9.17) is 5.73 Å². The maximum Gasteiger partial charge on any atom is 0.138 e. The molecule has 0 fully saturated rings. The van der Waals surface area contributed by atoms with Gasteiger partial charge in [-0.2, -0.15) is 0 Å². The summed E-state index contributed by atoms with van der Waals surface area (Å²) in [5, 5.41) is 0. The maximum atomic E-state index is 5.81. The molecule has 0 amide bonds. The molecule has 100 valence electrons.